The van der Waals surface area contributed by atoms with Crippen molar-refractivity contribution in [3.63, 3.8) is 0 Å². The summed E-state index contributed by atoms with van der Waals surface area (Å²) in [7, 11) is 0. The van der Waals surface area contributed by atoms with Crippen molar-refractivity contribution in [2.24, 2.45) is 33.5 Å². The molecule has 8 atom stereocenters. The van der Waals surface area contributed by atoms with Crippen LogP contribution >= 0.6 is 0 Å². The van der Waals surface area contributed by atoms with Gasteiger partial charge in [-0.1, -0.05) is 40.7 Å². The fourth-order valence-corrected chi connectivity index (χ4v) is 8.66. The van der Waals surface area contributed by atoms with Crippen LogP contribution < -0.4 is 0 Å². The molecule has 0 saturated heterocycles. The van der Waals surface area contributed by atoms with E-state index in [9.17, 15) is 14.4 Å². The van der Waals surface area contributed by atoms with Gasteiger partial charge in [0.15, 0.2) is 0 Å². The van der Waals surface area contributed by atoms with Crippen LogP contribution in [-0.4, -0.2) is 30.1 Å². The number of rotatable bonds is 3. The SMILES string of the molecule is CC(=O)O[C@H]1C=C[C@@]2(C)C(C[C@H](OC(C)=O)[C@@]3(C)C4=CC(=O)O[C@@H](c5ccoc5)[C@]4(C)CCC23)C1(C)C. The first-order valence-corrected chi connectivity index (χ1v) is 13.2. The number of carbonyl (C=O) groups is 3. The fourth-order valence-electron chi connectivity index (χ4n) is 8.66. The first kappa shape index (κ1) is 25.8. The van der Waals surface area contributed by atoms with Crippen molar-refractivity contribution in [2.45, 2.75) is 86.0 Å². The lowest BCUT2D eigenvalue weighted by molar-refractivity contribution is -0.204. The van der Waals surface area contributed by atoms with E-state index in [0.29, 0.717) is 6.42 Å². The van der Waals surface area contributed by atoms with E-state index in [1.54, 1.807) is 18.6 Å². The number of cyclic esters (lactones) is 1. The second-order valence-electron chi connectivity index (χ2n) is 12.7. The minimum atomic E-state index is -0.597. The van der Waals surface area contributed by atoms with E-state index in [1.807, 2.05) is 12.1 Å². The van der Waals surface area contributed by atoms with Gasteiger partial charge >= 0.3 is 17.9 Å². The normalized spacial score (nSPS) is 41.9. The summed E-state index contributed by atoms with van der Waals surface area (Å²) >= 11 is 0. The summed E-state index contributed by atoms with van der Waals surface area (Å²) < 4.78 is 23.1. The van der Waals surface area contributed by atoms with E-state index in [0.717, 1.165) is 24.0 Å². The number of hydrogen-bond acceptors (Lipinski definition) is 7. The van der Waals surface area contributed by atoms with Crippen molar-refractivity contribution in [3.8, 4) is 0 Å². The molecule has 2 heterocycles. The fraction of sp³-hybridized carbons (Fsp3) is 0.633. The lowest BCUT2D eigenvalue weighted by Gasteiger charge is -2.68. The average molecular weight is 511 g/mol. The van der Waals surface area contributed by atoms with Gasteiger partial charge in [0.2, 0.25) is 0 Å². The van der Waals surface area contributed by atoms with Gasteiger partial charge in [-0.05, 0) is 54.2 Å². The number of hydrogen-bond donors (Lipinski definition) is 0. The molecule has 2 saturated carbocycles. The molecule has 7 nitrogen and oxygen atoms in total. The van der Waals surface area contributed by atoms with Crippen molar-refractivity contribution >= 4 is 17.9 Å². The van der Waals surface area contributed by atoms with Crippen LogP contribution in [0.2, 0.25) is 0 Å². The molecule has 0 aromatic carbocycles. The Morgan fingerprint density at radius 3 is 2.35 bits per heavy atom. The first-order chi connectivity index (χ1) is 17.2. The molecule has 5 rings (SSSR count). The molecule has 1 aromatic rings. The molecule has 2 unspecified atom stereocenters. The molecule has 1 aromatic heterocycles. The second-order valence-corrected chi connectivity index (χ2v) is 12.7. The Kier molecular flexibility index (Phi) is 5.81. The maximum Gasteiger partial charge on any atom is 0.331 e. The smallest absolute Gasteiger partial charge is 0.331 e. The summed E-state index contributed by atoms with van der Waals surface area (Å²) in [5.41, 5.74) is 0.0988. The van der Waals surface area contributed by atoms with Gasteiger partial charge in [0.05, 0.1) is 12.5 Å². The Balaban J connectivity index is 1.66. The number of furan rings is 1. The third-order valence-electron chi connectivity index (χ3n) is 10.3. The molecule has 7 heteroatoms. The molecular weight excluding hydrogens is 472 g/mol. The van der Waals surface area contributed by atoms with Crippen LogP contribution in [0.5, 0.6) is 0 Å². The summed E-state index contributed by atoms with van der Waals surface area (Å²) in [5, 5.41) is 0. The number of ether oxygens (including phenoxy) is 3. The van der Waals surface area contributed by atoms with Crippen LogP contribution in [-0.2, 0) is 28.6 Å². The Morgan fingerprint density at radius 1 is 1.03 bits per heavy atom. The molecule has 0 bridgehead atoms. The van der Waals surface area contributed by atoms with E-state index >= 15 is 0 Å². The van der Waals surface area contributed by atoms with E-state index in [4.69, 9.17) is 18.6 Å². The highest BCUT2D eigenvalue weighted by molar-refractivity contribution is 5.85. The monoisotopic (exact) mass is 510 g/mol. The van der Waals surface area contributed by atoms with Crippen molar-refractivity contribution in [2.75, 3.05) is 0 Å². The van der Waals surface area contributed by atoms with Crippen LogP contribution in [0.3, 0.4) is 0 Å². The predicted octanol–water partition coefficient (Wildman–Crippen LogP) is 5.71. The largest absolute Gasteiger partial charge is 0.472 e. The Hall–Kier alpha value is -2.83. The zero-order chi connectivity index (χ0) is 27.0. The Bertz CT molecular complexity index is 1180. The van der Waals surface area contributed by atoms with Crippen LogP contribution in [0.1, 0.15) is 79.4 Å². The molecule has 4 aliphatic rings. The predicted molar refractivity (Wildman–Crippen MR) is 135 cm³/mol. The molecule has 0 spiro atoms. The summed E-state index contributed by atoms with van der Waals surface area (Å²) in [6.07, 6.45) is 10.1. The number of allylic oxidation sites excluding steroid dienone is 1. The highest BCUT2D eigenvalue weighted by Gasteiger charge is 2.69. The van der Waals surface area contributed by atoms with Gasteiger partial charge in [-0.15, -0.1) is 0 Å². The van der Waals surface area contributed by atoms with Gasteiger partial charge in [0, 0.05) is 41.7 Å². The summed E-state index contributed by atoms with van der Waals surface area (Å²) in [6, 6.07) is 1.85. The van der Waals surface area contributed by atoms with Gasteiger partial charge in [0.1, 0.15) is 18.3 Å². The first-order valence-electron chi connectivity index (χ1n) is 13.2. The molecule has 2 fully saturated rings. The third-order valence-corrected chi connectivity index (χ3v) is 10.3. The maximum atomic E-state index is 13.0. The van der Waals surface area contributed by atoms with Crippen LogP contribution in [0.4, 0.5) is 0 Å². The number of fused-ring (bicyclic) bond motifs is 5. The van der Waals surface area contributed by atoms with E-state index in [-0.39, 0.29) is 46.7 Å². The molecule has 0 N–H and O–H groups in total. The second kappa shape index (κ2) is 8.34. The molecular formula is C30H38O7. The van der Waals surface area contributed by atoms with Crippen LogP contribution in [0.25, 0.3) is 0 Å². The Morgan fingerprint density at radius 2 is 1.73 bits per heavy atom. The summed E-state index contributed by atoms with van der Waals surface area (Å²) in [6.45, 7) is 13.8. The molecule has 0 amide bonds. The van der Waals surface area contributed by atoms with Gasteiger partial charge in [-0.2, -0.15) is 0 Å². The molecule has 200 valence electrons. The zero-order valence-corrected chi connectivity index (χ0v) is 22.8. The zero-order valence-electron chi connectivity index (χ0n) is 22.8. The van der Waals surface area contributed by atoms with Crippen LogP contribution in [0.15, 0.2) is 46.8 Å². The number of esters is 3. The van der Waals surface area contributed by atoms with Gasteiger partial charge in [-0.25, -0.2) is 4.79 Å². The van der Waals surface area contributed by atoms with E-state index in [2.05, 4.69) is 40.7 Å². The minimum Gasteiger partial charge on any atom is -0.472 e. The standard InChI is InChI=1S/C30H38O7/c1-17(31)35-23-9-12-28(5)20-8-11-29(6)22(15-25(33)37-26(29)19-10-13-34-16-19)30(20,7)24(36-18(2)32)14-21(28)27(23,3)4/h9-10,12-13,15-16,20-21,23-24,26H,8,11,14H2,1-7H3/t20?,21?,23-,24-,26-,28+,29+,30+/m0/s1. The van der Waals surface area contributed by atoms with Crippen molar-refractivity contribution in [1.29, 1.82) is 0 Å². The van der Waals surface area contributed by atoms with Crippen molar-refractivity contribution in [3.05, 3.63) is 48.0 Å². The van der Waals surface area contributed by atoms with Crippen molar-refractivity contribution in [1.82, 2.24) is 0 Å². The van der Waals surface area contributed by atoms with E-state index in [1.165, 1.54) is 13.8 Å². The lowest BCUT2D eigenvalue weighted by Crippen LogP contribution is -2.65. The topological polar surface area (TPSA) is 92.0 Å². The lowest BCUT2D eigenvalue weighted by atomic mass is 9.38. The van der Waals surface area contributed by atoms with Gasteiger partial charge < -0.3 is 18.6 Å². The molecule has 3 aliphatic carbocycles. The van der Waals surface area contributed by atoms with Crippen LogP contribution in [0, 0.1) is 33.5 Å². The Labute approximate surface area is 218 Å². The third kappa shape index (κ3) is 3.63. The molecule has 37 heavy (non-hydrogen) atoms. The molecule has 1 aliphatic heterocycles. The van der Waals surface area contributed by atoms with Crippen molar-refractivity contribution < 1.29 is 33.0 Å². The molecule has 0 radical (unpaired) electrons. The van der Waals surface area contributed by atoms with Gasteiger partial charge in [0.25, 0.3) is 0 Å². The van der Waals surface area contributed by atoms with Gasteiger partial charge in [-0.3, -0.25) is 9.59 Å². The number of carbonyl (C=O) groups excluding carboxylic acids is 3. The average Bonchev–Trinajstić information content (AvgIpc) is 3.32. The minimum absolute atomic E-state index is 0.0851. The summed E-state index contributed by atoms with van der Waals surface area (Å²) in [5.74, 6) is -0.863. The van der Waals surface area contributed by atoms with E-state index < -0.39 is 23.0 Å². The highest BCUT2D eigenvalue weighted by Crippen LogP contribution is 2.72. The summed E-state index contributed by atoms with van der Waals surface area (Å²) in [4.78, 5) is 37.4. The highest BCUT2D eigenvalue weighted by atomic mass is 16.6. The quantitative estimate of drug-likeness (QED) is 0.292. The maximum absolute atomic E-state index is 13.0.